The van der Waals surface area contributed by atoms with Gasteiger partial charge in [0, 0.05) is 17.5 Å². The zero-order valence-electron chi connectivity index (χ0n) is 14.0. The predicted octanol–water partition coefficient (Wildman–Crippen LogP) is 4.18. The first-order valence-electron chi connectivity index (χ1n) is 7.54. The molecule has 4 heteroatoms. The monoisotopic (exact) mass is 290 g/mol. The third kappa shape index (κ3) is 3.97. The van der Waals surface area contributed by atoms with Crippen molar-refractivity contribution >= 4 is 0 Å². The van der Waals surface area contributed by atoms with Crippen LogP contribution >= 0.6 is 0 Å². The molecule has 0 amide bonds. The Hall–Kier alpha value is -1.55. The molecule has 116 valence electrons. The van der Waals surface area contributed by atoms with Crippen LogP contribution in [-0.2, 0) is 6.42 Å². The second-order valence-corrected chi connectivity index (χ2v) is 6.61. The van der Waals surface area contributed by atoms with Gasteiger partial charge in [0.05, 0.1) is 11.8 Å². The van der Waals surface area contributed by atoms with E-state index in [1.54, 1.807) is 6.20 Å². The maximum Gasteiger partial charge on any atom is 0.194 e. The molecular weight excluding hydrogens is 264 g/mol. The van der Waals surface area contributed by atoms with E-state index in [0.717, 1.165) is 53.7 Å². The molecule has 0 spiro atoms. The van der Waals surface area contributed by atoms with Crippen LogP contribution in [0.25, 0.3) is 11.3 Å². The van der Waals surface area contributed by atoms with Crippen LogP contribution in [0.3, 0.4) is 0 Å². The molecule has 0 fully saturated rings. The molecule has 2 heterocycles. The largest absolute Gasteiger partial charge is 0.466 e. The van der Waals surface area contributed by atoms with Gasteiger partial charge in [0.1, 0.15) is 11.5 Å². The third-order valence-corrected chi connectivity index (χ3v) is 3.58. The van der Waals surface area contributed by atoms with E-state index in [4.69, 9.17) is 8.83 Å². The third-order valence-electron chi connectivity index (χ3n) is 3.58. The summed E-state index contributed by atoms with van der Waals surface area (Å²) < 4.78 is 11.5. The molecule has 2 rings (SSSR count). The van der Waals surface area contributed by atoms with Gasteiger partial charge in [-0.05, 0) is 54.5 Å². The Morgan fingerprint density at radius 2 is 1.81 bits per heavy atom. The average Bonchev–Trinajstić information content (AvgIpc) is 2.90. The van der Waals surface area contributed by atoms with Gasteiger partial charge in [-0.15, -0.1) is 0 Å². The fourth-order valence-electron chi connectivity index (χ4n) is 2.40. The number of furan rings is 1. The summed E-state index contributed by atoms with van der Waals surface area (Å²) in [4.78, 5) is 4.38. The van der Waals surface area contributed by atoms with Gasteiger partial charge < -0.3 is 14.2 Å². The molecule has 0 radical (unpaired) electrons. The van der Waals surface area contributed by atoms with Crippen molar-refractivity contribution in [2.24, 2.45) is 0 Å². The quantitative estimate of drug-likeness (QED) is 0.839. The number of hydrogen-bond donors (Lipinski definition) is 1. The highest BCUT2D eigenvalue weighted by Crippen LogP contribution is 2.31. The SMILES string of the molecule is Cc1oc(C)c(-c2cnc(CCCNC(C)(C)C)o2)c1C. The minimum Gasteiger partial charge on any atom is -0.466 e. The van der Waals surface area contributed by atoms with E-state index in [1.807, 2.05) is 13.8 Å². The van der Waals surface area contributed by atoms with Crippen LogP contribution in [0.2, 0.25) is 0 Å². The summed E-state index contributed by atoms with van der Waals surface area (Å²) in [5, 5.41) is 3.47. The van der Waals surface area contributed by atoms with Crippen molar-refractivity contribution in [1.82, 2.24) is 10.3 Å². The summed E-state index contributed by atoms with van der Waals surface area (Å²) in [6, 6.07) is 0. The lowest BCUT2D eigenvalue weighted by atomic mass is 10.1. The van der Waals surface area contributed by atoms with Gasteiger partial charge >= 0.3 is 0 Å². The van der Waals surface area contributed by atoms with Crippen molar-refractivity contribution in [2.75, 3.05) is 6.54 Å². The molecule has 0 saturated carbocycles. The van der Waals surface area contributed by atoms with E-state index in [9.17, 15) is 0 Å². The van der Waals surface area contributed by atoms with E-state index in [2.05, 4.69) is 38.0 Å². The summed E-state index contributed by atoms with van der Waals surface area (Å²) in [6.07, 6.45) is 3.66. The molecule has 21 heavy (non-hydrogen) atoms. The fraction of sp³-hybridized carbons (Fsp3) is 0.588. The van der Waals surface area contributed by atoms with Gasteiger partial charge in [0.2, 0.25) is 0 Å². The Morgan fingerprint density at radius 3 is 2.38 bits per heavy atom. The van der Waals surface area contributed by atoms with E-state index in [0.29, 0.717) is 0 Å². The molecule has 0 atom stereocenters. The van der Waals surface area contributed by atoms with Crippen LogP contribution in [-0.4, -0.2) is 17.1 Å². The maximum atomic E-state index is 5.88. The minimum atomic E-state index is 0.157. The number of aromatic nitrogens is 1. The van der Waals surface area contributed by atoms with Gasteiger partial charge in [-0.25, -0.2) is 4.98 Å². The van der Waals surface area contributed by atoms with E-state index in [-0.39, 0.29) is 5.54 Å². The van der Waals surface area contributed by atoms with E-state index in [1.165, 1.54) is 0 Å². The lowest BCUT2D eigenvalue weighted by molar-refractivity contribution is 0.412. The van der Waals surface area contributed by atoms with Crippen LogP contribution in [0, 0.1) is 20.8 Å². The first-order chi connectivity index (χ1) is 9.78. The fourth-order valence-corrected chi connectivity index (χ4v) is 2.40. The van der Waals surface area contributed by atoms with Crippen LogP contribution in [0.1, 0.15) is 50.2 Å². The lowest BCUT2D eigenvalue weighted by Gasteiger charge is -2.19. The molecule has 4 nitrogen and oxygen atoms in total. The number of nitrogens with one attached hydrogen (secondary N) is 1. The Morgan fingerprint density at radius 1 is 1.10 bits per heavy atom. The van der Waals surface area contributed by atoms with Crippen molar-refractivity contribution < 1.29 is 8.83 Å². The predicted molar refractivity (Wildman–Crippen MR) is 84.5 cm³/mol. The summed E-state index contributed by atoms with van der Waals surface area (Å²) in [7, 11) is 0. The number of aryl methyl sites for hydroxylation is 3. The Kier molecular flexibility index (Phi) is 4.57. The minimum absolute atomic E-state index is 0.157. The molecule has 1 N–H and O–H groups in total. The average molecular weight is 290 g/mol. The van der Waals surface area contributed by atoms with Crippen LogP contribution in [0.15, 0.2) is 15.0 Å². The van der Waals surface area contributed by atoms with Crippen LogP contribution in [0.4, 0.5) is 0 Å². The van der Waals surface area contributed by atoms with Gasteiger partial charge in [-0.3, -0.25) is 0 Å². The highest BCUT2D eigenvalue weighted by molar-refractivity contribution is 5.64. The summed E-state index contributed by atoms with van der Waals surface area (Å²) >= 11 is 0. The molecule has 0 aliphatic carbocycles. The molecule has 0 aliphatic rings. The number of rotatable bonds is 5. The van der Waals surface area contributed by atoms with Crippen LogP contribution in [0.5, 0.6) is 0 Å². The normalized spacial score (nSPS) is 12.1. The molecule has 0 aromatic carbocycles. The van der Waals surface area contributed by atoms with Crippen LogP contribution < -0.4 is 5.32 Å². The van der Waals surface area contributed by atoms with Gasteiger partial charge in [-0.2, -0.15) is 0 Å². The van der Waals surface area contributed by atoms with Crippen molar-refractivity contribution in [1.29, 1.82) is 0 Å². The van der Waals surface area contributed by atoms with E-state index >= 15 is 0 Å². The second kappa shape index (κ2) is 6.06. The molecule has 0 bridgehead atoms. The van der Waals surface area contributed by atoms with Gasteiger partial charge in [0.15, 0.2) is 11.7 Å². The first kappa shape index (κ1) is 15.8. The van der Waals surface area contributed by atoms with Gasteiger partial charge in [-0.1, -0.05) is 0 Å². The second-order valence-electron chi connectivity index (χ2n) is 6.61. The molecule has 0 unspecified atom stereocenters. The number of nitrogens with zero attached hydrogens (tertiary/aromatic N) is 1. The summed E-state index contributed by atoms with van der Waals surface area (Å²) in [6.45, 7) is 13.5. The zero-order valence-corrected chi connectivity index (χ0v) is 14.0. The topological polar surface area (TPSA) is 51.2 Å². The zero-order chi connectivity index (χ0) is 15.6. The standard InChI is InChI=1S/C17H26N2O2/c1-11-12(2)20-13(3)16(11)14-10-18-15(21-14)8-7-9-19-17(4,5)6/h10,19H,7-9H2,1-6H3. The Balaban J connectivity index is 1.99. The maximum absolute atomic E-state index is 5.88. The molecule has 0 saturated heterocycles. The smallest absolute Gasteiger partial charge is 0.194 e. The molecular formula is C17H26N2O2. The van der Waals surface area contributed by atoms with Crippen molar-refractivity contribution in [3.8, 4) is 11.3 Å². The van der Waals surface area contributed by atoms with Crippen molar-refractivity contribution in [3.63, 3.8) is 0 Å². The summed E-state index contributed by atoms with van der Waals surface area (Å²) in [5.74, 6) is 3.43. The Labute approximate surface area is 126 Å². The molecule has 2 aromatic heterocycles. The molecule has 2 aromatic rings. The Bertz CT molecular complexity index is 603. The van der Waals surface area contributed by atoms with Gasteiger partial charge in [0.25, 0.3) is 0 Å². The van der Waals surface area contributed by atoms with Crippen molar-refractivity contribution in [2.45, 2.75) is 59.9 Å². The number of hydrogen-bond acceptors (Lipinski definition) is 4. The lowest BCUT2D eigenvalue weighted by Crippen LogP contribution is -2.36. The summed E-state index contributed by atoms with van der Waals surface area (Å²) in [5.41, 5.74) is 2.33. The number of oxazole rings is 1. The molecule has 0 aliphatic heterocycles. The highest BCUT2D eigenvalue weighted by atomic mass is 16.4. The first-order valence-corrected chi connectivity index (χ1v) is 7.54. The van der Waals surface area contributed by atoms with E-state index < -0.39 is 0 Å². The van der Waals surface area contributed by atoms with Crippen molar-refractivity contribution in [3.05, 3.63) is 29.2 Å². The highest BCUT2D eigenvalue weighted by Gasteiger charge is 2.17.